The maximum atomic E-state index is 8.55. The molecule has 0 heterocycles. The van der Waals surface area contributed by atoms with Crippen molar-refractivity contribution >= 4 is 7.82 Å². The molecule has 0 N–H and O–H groups in total. The molecule has 0 fully saturated rings. The fourth-order valence-corrected chi connectivity index (χ4v) is 15.7. The largest absolute Gasteiger partial charge is 0.822 e. The first-order valence-corrected chi connectivity index (χ1v) is 48.7. The van der Waals surface area contributed by atoms with Crippen LogP contribution in [0.2, 0.25) is 0 Å². The van der Waals surface area contributed by atoms with Crippen molar-refractivity contribution in [3.05, 3.63) is 0 Å². The zero-order valence-corrected chi connectivity index (χ0v) is 73.6. The second-order valence-electron chi connectivity index (χ2n) is 34.1. The summed E-state index contributed by atoms with van der Waals surface area (Å²) >= 11 is 0. The highest BCUT2D eigenvalue weighted by atomic mass is 31.2. The van der Waals surface area contributed by atoms with E-state index in [1.165, 1.54) is 535 Å². The Labute approximate surface area is 641 Å². The topological polar surface area (TPSA) is 86.2 Å². The minimum absolute atomic E-state index is 1.36. The standard InChI is InChI=1S/3C31H66N.H3O4P/c3*1-5-8-11-14-17-20-23-26-29-32(4,30-27-24-21-18-15-12-9-6-2)31-28-25-22-19-16-13-10-7-3;1-5(2,3)4/h3*5-31H2,1-4H3;(H3,1,2,3,4)/q3*+1;/p-3. The second-order valence-corrected chi connectivity index (χ2v) is 35.0. The van der Waals surface area contributed by atoms with Gasteiger partial charge in [0.05, 0.1) is 80.0 Å². The van der Waals surface area contributed by atoms with Gasteiger partial charge in [0.15, 0.2) is 0 Å². The molecule has 8 heteroatoms. The Morgan fingerprint density at radius 3 is 0.277 bits per heavy atom. The third kappa shape index (κ3) is 98.0. The molecule has 0 bridgehead atoms. The van der Waals surface area contributed by atoms with Gasteiger partial charge in [-0.1, -0.05) is 409 Å². The quantitative estimate of drug-likeness (QED) is 0.0345. The number of unbranched alkanes of at least 4 members (excludes halogenated alkanes) is 63. The first kappa shape index (κ1) is 107. The molecule has 101 heavy (non-hydrogen) atoms. The van der Waals surface area contributed by atoms with E-state index in [0.717, 1.165) is 0 Å². The molecule has 0 atom stereocenters. The Kier molecular flexibility index (Phi) is 94.5. The summed E-state index contributed by atoms with van der Waals surface area (Å²) in [5.74, 6) is 0. The molecule has 0 saturated carbocycles. The number of phosphoric acid groups is 1. The molecule has 0 aromatic rings. The third-order valence-corrected chi connectivity index (χ3v) is 23.0. The van der Waals surface area contributed by atoms with Crippen molar-refractivity contribution in [2.75, 3.05) is 80.0 Å². The number of nitrogens with zero attached hydrogens (tertiary/aromatic N) is 3. The molecule has 0 aromatic heterocycles. The second kappa shape index (κ2) is 88.9. The normalized spacial score (nSPS) is 12.0. The average Bonchev–Trinajstić information content (AvgIpc) is 1.01. The van der Waals surface area contributed by atoms with Crippen LogP contribution >= 0.6 is 7.82 Å². The van der Waals surface area contributed by atoms with Crippen molar-refractivity contribution in [3.63, 3.8) is 0 Å². The molecule has 0 rings (SSSR count). The van der Waals surface area contributed by atoms with Crippen LogP contribution in [0, 0.1) is 0 Å². The number of hydrogen-bond acceptors (Lipinski definition) is 4. The predicted molar refractivity (Wildman–Crippen MR) is 453 cm³/mol. The van der Waals surface area contributed by atoms with Crippen LogP contribution in [-0.4, -0.2) is 93.5 Å². The van der Waals surface area contributed by atoms with Crippen LogP contribution in [0.1, 0.15) is 525 Å². The molecular weight excluding hydrogens is 1250 g/mol. The Balaban J connectivity index is -0.000000674. The van der Waals surface area contributed by atoms with E-state index in [1.807, 2.05) is 0 Å². The first-order chi connectivity index (χ1) is 49.0. The van der Waals surface area contributed by atoms with Crippen molar-refractivity contribution in [2.24, 2.45) is 0 Å². The molecule has 0 aliphatic carbocycles. The van der Waals surface area contributed by atoms with Crippen LogP contribution in [0.15, 0.2) is 0 Å². The summed E-state index contributed by atoms with van der Waals surface area (Å²) in [4.78, 5) is 25.6. The van der Waals surface area contributed by atoms with Crippen LogP contribution in [-0.2, 0) is 4.57 Å². The van der Waals surface area contributed by atoms with Crippen LogP contribution in [0.4, 0.5) is 0 Å². The highest BCUT2D eigenvalue weighted by Crippen LogP contribution is 2.22. The van der Waals surface area contributed by atoms with Gasteiger partial charge in [0.2, 0.25) is 0 Å². The predicted octanol–water partition coefficient (Wildman–Crippen LogP) is 29.7. The summed E-state index contributed by atoms with van der Waals surface area (Å²) in [6, 6.07) is 0. The molecule has 0 aliphatic heterocycles. The van der Waals surface area contributed by atoms with E-state index in [0.29, 0.717) is 0 Å². The average molecular weight is 1450 g/mol. The van der Waals surface area contributed by atoms with E-state index in [4.69, 9.17) is 19.2 Å². The van der Waals surface area contributed by atoms with Gasteiger partial charge in [0, 0.05) is 0 Å². The maximum absolute atomic E-state index is 8.55. The molecule has 0 unspecified atom stereocenters. The number of quaternary nitrogens is 3. The third-order valence-electron chi connectivity index (χ3n) is 23.0. The Bertz CT molecular complexity index is 1190. The van der Waals surface area contributed by atoms with Crippen molar-refractivity contribution in [3.8, 4) is 0 Å². The van der Waals surface area contributed by atoms with E-state index in [2.05, 4.69) is 83.5 Å². The molecule has 0 amide bonds. The van der Waals surface area contributed by atoms with Gasteiger partial charge in [0.1, 0.15) is 0 Å². The molecule has 0 saturated heterocycles. The van der Waals surface area contributed by atoms with E-state index < -0.39 is 7.82 Å². The van der Waals surface area contributed by atoms with E-state index >= 15 is 0 Å². The van der Waals surface area contributed by atoms with E-state index in [-0.39, 0.29) is 0 Å². The Hall–Kier alpha value is -0.0100. The lowest BCUT2D eigenvalue weighted by Crippen LogP contribution is -2.46. The molecule has 7 nitrogen and oxygen atoms in total. The summed E-state index contributed by atoms with van der Waals surface area (Å²) in [6.07, 6.45) is 104. The highest BCUT2D eigenvalue weighted by Gasteiger charge is 2.23. The van der Waals surface area contributed by atoms with Gasteiger partial charge in [-0.2, -0.15) is 7.82 Å². The Morgan fingerprint density at radius 2 is 0.208 bits per heavy atom. The highest BCUT2D eigenvalue weighted by molar-refractivity contribution is 7.40. The minimum atomic E-state index is -5.39. The number of rotatable bonds is 81. The summed E-state index contributed by atoms with van der Waals surface area (Å²) in [5.41, 5.74) is 0. The maximum Gasteiger partial charge on any atom is 0.0784 e. The van der Waals surface area contributed by atoms with Crippen molar-refractivity contribution in [2.45, 2.75) is 525 Å². The van der Waals surface area contributed by atoms with Crippen molar-refractivity contribution in [1.29, 1.82) is 0 Å². The fraction of sp³-hybridized carbons (Fsp3) is 1.00. The first-order valence-electron chi connectivity index (χ1n) is 47.3. The van der Waals surface area contributed by atoms with E-state index in [9.17, 15) is 0 Å². The molecule has 0 radical (unpaired) electrons. The monoisotopic (exact) mass is 1450 g/mol. The molecule has 0 spiro atoms. The van der Waals surface area contributed by atoms with Gasteiger partial charge in [-0.05, 0) is 116 Å². The zero-order valence-electron chi connectivity index (χ0n) is 72.7. The van der Waals surface area contributed by atoms with Crippen molar-refractivity contribution in [1.82, 2.24) is 0 Å². The summed E-state index contributed by atoms with van der Waals surface area (Å²) in [5, 5.41) is 0. The molecule has 0 aliphatic rings. The van der Waals surface area contributed by atoms with Crippen LogP contribution in [0.25, 0.3) is 0 Å². The van der Waals surface area contributed by atoms with Gasteiger partial charge in [0.25, 0.3) is 0 Å². The number of hydrogen-bond donors (Lipinski definition) is 0. The SMILES string of the molecule is CCCCCCCCCC[N+](C)(CCCCCCCCCC)CCCCCCCCCC.CCCCCCCCCC[N+](C)(CCCCCCCCCC)CCCCCCCCCC.CCCCCCCCCC[N+](C)(CCCCCCCCCC)CCCCCCCCCC.O=P([O-])([O-])[O-]. The lowest BCUT2D eigenvalue weighted by atomic mass is 10.1. The van der Waals surface area contributed by atoms with E-state index in [1.54, 1.807) is 0 Å². The lowest BCUT2D eigenvalue weighted by Gasteiger charge is -2.36. The molecular formula is C93H198N3O4P. The minimum Gasteiger partial charge on any atom is -0.822 e. The Morgan fingerprint density at radius 1 is 0.149 bits per heavy atom. The summed E-state index contributed by atoms with van der Waals surface area (Å²) in [7, 11) is 2.37. The van der Waals surface area contributed by atoms with Gasteiger partial charge < -0.3 is 32.7 Å². The van der Waals surface area contributed by atoms with Gasteiger partial charge >= 0.3 is 0 Å². The molecule has 0 aromatic carbocycles. The van der Waals surface area contributed by atoms with Crippen LogP contribution in [0.3, 0.4) is 0 Å². The summed E-state index contributed by atoms with van der Waals surface area (Å²) in [6.45, 7) is 33.7. The van der Waals surface area contributed by atoms with Crippen LogP contribution < -0.4 is 14.7 Å². The summed E-state index contributed by atoms with van der Waals surface area (Å²) < 4.78 is 12.6. The lowest BCUT2D eigenvalue weighted by molar-refractivity contribution is -0.910. The molecule has 614 valence electrons. The van der Waals surface area contributed by atoms with Gasteiger partial charge in [-0.15, -0.1) is 0 Å². The van der Waals surface area contributed by atoms with Crippen LogP contribution in [0.5, 0.6) is 0 Å². The van der Waals surface area contributed by atoms with Crippen molar-refractivity contribution < 1.29 is 32.7 Å². The van der Waals surface area contributed by atoms with Gasteiger partial charge in [-0.25, -0.2) is 0 Å². The van der Waals surface area contributed by atoms with Gasteiger partial charge in [-0.3, -0.25) is 0 Å². The smallest absolute Gasteiger partial charge is 0.0784 e. The fourth-order valence-electron chi connectivity index (χ4n) is 15.7. The zero-order chi connectivity index (χ0) is 75.3.